The zero-order chi connectivity index (χ0) is 19.3. The fraction of sp³-hybridized carbons (Fsp3) is 0.333. The molecule has 1 N–H and O–H groups in total. The third kappa shape index (κ3) is 4.91. The van der Waals surface area contributed by atoms with Crippen molar-refractivity contribution in [2.24, 2.45) is 0 Å². The predicted molar refractivity (Wildman–Crippen MR) is 102 cm³/mol. The Morgan fingerprint density at radius 2 is 1.65 bits per heavy atom. The molecule has 4 nitrogen and oxygen atoms in total. The van der Waals surface area contributed by atoms with Crippen molar-refractivity contribution in [3.05, 3.63) is 65.5 Å². The Morgan fingerprint density at radius 1 is 1.04 bits per heavy atom. The van der Waals surface area contributed by atoms with Crippen molar-refractivity contribution in [3.8, 4) is 0 Å². The highest BCUT2D eigenvalue weighted by atomic mass is 19.1. The number of hydrogen-bond acceptors (Lipinski definition) is 2. The van der Waals surface area contributed by atoms with Crippen LogP contribution in [0.1, 0.15) is 43.6 Å². The summed E-state index contributed by atoms with van der Waals surface area (Å²) in [6.07, 6.45) is 0. The number of benzene rings is 2. The van der Waals surface area contributed by atoms with E-state index in [2.05, 4.69) is 26.1 Å². The van der Waals surface area contributed by atoms with Gasteiger partial charge in [0.15, 0.2) is 0 Å². The fourth-order valence-corrected chi connectivity index (χ4v) is 2.63. The first kappa shape index (κ1) is 19.6. The number of halogens is 1. The number of hydrogen-bond donors (Lipinski definition) is 1. The first-order chi connectivity index (χ1) is 12.2. The summed E-state index contributed by atoms with van der Waals surface area (Å²) < 4.78 is 13.6. The van der Waals surface area contributed by atoms with Crippen molar-refractivity contribution in [1.82, 2.24) is 5.32 Å². The van der Waals surface area contributed by atoms with Gasteiger partial charge in [-0.15, -0.1) is 0 Å². The second kappa shape index (κ2) is 8.13. The molecule has 2 rings (SSSR count). The monoisotopic (exact) mass is 356 g/mol. The molecule has 0 radical (unpaired) electrons. The Hall–Kier alpha value is -2.69. The fourth-order valence-electron chi connectivity index (χ4n) is 2.63. The van der Waals surface area contributed by atoms with Crippen molar-refractivity contribution in [2.45, 2.75) is 33.1 Å². The normalized spacial score (nSPS) is 11.1. The summed E-state index contributed by atoms with van der Waals surface area (Å²) in [6.45, 7) is 8.41. The Labute approximate surface area is 154 Å². The van der Waals surface area contributed by atoms with Gasteiger partial charge in [-0.3, -0.25) is 9.59 Å². The maximum absolute atomic E-state index is 13.6. The molecule has 0 spiro atoms. The van der Waals surface area contributed by atoms with E-state index in [1.165, 1.54) is 30.7 Å². The van der Waals surface area contributed by atoms with Gasteiger partial charge in [-0.05, 0) is 35.2 Å². The van der Waals surface area contributed by atoms with Crippen LogP contribution in [0.4, 0.5) is 10.1 Å². The van der Waals surface area contributed by atoms with E-state index in [1.807, 2.05) is 24.3 Å². The number of rotatable bonds is 5. The SMILES string of the molecule is CC(=O)N(CCNC(=O)c1ccccc1F)c1ccc(C(C)(C)C)cc1. The van der Waals surface area contributed by atoms with Crippen LogP contribution in [0, 0.1) is 5.82 Å². The second-order valence-corrected chi connectivity index (χ2v) is 7.20. The first-order valence-electron chi connectivity index (χ1n) is 8.61. The molecular weight excluding hydrogens is 331 g/mol. The van der Waals surface area contributed by atoms with Gasteiger partial charge in [0.25, 0.3) is 5.91 Å². The molecule has 0 atom stereocenters. The van der Waals surface area contributed by atoms with Gasteiger partial charge in [0, 0.05) is 25.7 Å². The minimum Gasteiger partial charge on any atom is -0.350 e. The number of carbonyl (C=O) groups excluding carboxylic acids is 2. The molecule has 0 heterocycles. The van der Waals surface area contributed by atoms with E-state index in [0.717, 1.165) is 5.69 Å². The molecule has 2 aromatic rings. The Balaban J connectivity index is 2.02. The maximum Gasteiger partial charge on any atom is 0.254 e. The Kier molecular flexibility index (Phi) is 6.14. The van der Waals surface area contributed by atoms with Crippen LogP contribution in [0.25, 0.3) is 0 Å². The second-order valence-electron chi connectivity index (χ2n) is 7.20. The van der Waals surface area contributed by atoms with Crippen LogP contribution in [0.2, 0.25) is 0 Å². The number of anilines is 1. The summed E-state index contributed by atoms with van der Waals surface area (Å²) >= 11 is 0. The highest BCUT2D eigenvalue weighted by molar-refractivity contribution is 5.95. The van der Waals surface area contributed by atoms with E-state index in [-0.39, 0.29) is 23.4 Å². The van der Waals surface area contributed by atoms with Gasteiger partial charge in [-0.1, -0.05) is 45.0 Å². The van der Waals surface area contributed by atoms with Gasteiger partial charge < -0.3 is 10.2 Å². The molecule has 2 aromatic carbocycles. The Bertz CT molecular complexity index is 779. The van der Waals surface area contributed by atoms with Crippen LogP contribution < -0.4 is 10.2 Å². The average Bonchev–Trinajstić information content (AvgIpc) is 2.58. The molecule has 26 heavy (non-hydrogen) atoms. The summed E-state index contributed by atoms with van der Waals surface area (Å²) in [6, 6.07) is 13.6. The van der Waals surface area contributed by atoms with E-state index < -0.39 is 11.7 Å². The molecule has 0 aliphatic rings. The van der Waals surface area contributed by atoms with Crippen molar-refractivity contribution in [1.29, 1.82) is 0 Å². The van der Waals surface area contributed by atoms with E-state index in [4.69, 9.17) is 0 Å². The van der Waals surface area contributed by atoms with Crippen molar-refractivity contribution in [2.75, 3.05) is 18.0 Å². The van der Waals surface area contributed by atoms with Crippen LogP contribution in [-0.2, 0) is 10.2 Å². The lowest BCUT2D eigenvalue weighted by molar-refractivity contribution is -0.116. The van der Waals surface area contributed by atoms with Crippen LogP contribution >= 0.6 is 0 Å². The van der Waals surface area contributed by atoms with Gasteiger partial charge >= 0.3 is 0 Å². The standard InChI is InChI=1S/C21H25FN2O2/c1-15(25)24(17-11-9-16(10-12-17)21(2,3)4)14-13-23-20(26)18-7-5-6-8-19(18)22/h5-12H,13-14H2,1-4H3,(H,23,26). The zero-order valence-electron chi connectivity index (χ0n) is 15.7. The molecule has 0 aliphatic carbocycles. The third-order valence-corrected chi connectivity index (χ3v) is 4.16. The van der Waals surface area contributed by atoms with Gasteiger partial charge in [-0.25, -0.2) is 4.39 Å². The molecule has 0 aliphatic heterocycles. The van der Waals surface area contributed by atoms with Crippen molar-refractivity contribution >= 4 is 17.5 Å². The molecule has 5 heteroatoms. The molecule has 0 bridgehead atoms. The van der Waals surface area contributed by atoms with Crippen LogP contribution in [-0.4, -0.2) is 24.9 Å². The van der Waals surface area contributed by atoms with Gasteiger partial charge in [0.05, 0.1) is 5.56 Å². The lowest BCUT2D eigenvalue weighted by atomic mass is 9.87. The molecule has 0 saturated carbocycles. The van der Waals surface area contributed by atoms with Crippen molar-refractivity contribution < 1.29 is 14.0 Å². The molecule has 138 valence electrons. The molecule has 0 saturated heterocycles. The van der Waals surface area contributed by atoms with Crippen LogP contribution in [0.3, 0.4) is 0 Å². The molecule has 0 aromatic heterocycles. The molecule has 0 fully saturated rings. The van der Waals surface area contributed by atoms with Gasteiger partial charge in [-0.2, -0.15) is 0 Å². The van der Waals surface area contributed by atoms with E-state index >= 15 is 0 Å². The predicted octanol–water partition coefficient (Wildman–Crippen LogP) is 3.91. The zero-order valence-corrected chi connectivity index (χ0v) is 15.7. The van der Waals surface area contributed by atoms with Crippen molar-refractivity contribution in [3.63, 3.8) is 0 Å². The summed E-state index contributed by atoms with van der Waals surface area (Å²) in [5.41, 5.74) is 1.98. The largest absolute Gasteiger partial charge is 0.350 e. The summed E-state index contributed by atoms with van der Waals surface area (Å²) in [5, 5.41) is 2.66. The molecule has 2 amide bonds. The van der Waals surface area contributed by atoms with E-state index in [0.29, 0.717) is 6.54 Å². The smallest absolute Gasteiger partial charge is 0.254 e. The minimum absolute atomic E-state index is 0.00333. The highest BCUT2D eigenvalue weighted by Crippen LogP contribution is 2.25. The summed E-state index contributed by atoms with van der Waals surface area (Å²) in [7, 11) is 0. The summed E-state index contributed by atoms with van der Waals surface area (Å²) in [4.78, 5) is 25.6. The lowest BCUT2D eigenvalue weighted by Gasteiger charge is -2.24. The molecule has 0 unspecified atom stereocenters. The summed E-state index contributed by atoms with van der Waals surface area (Å²) in [5.74, 6) is -1.17. The minimum atomic E-state index is -0.564. The third-order valence-electron chi connectivity index (χ3n) is 4.16. The number of nitrogens with zero attached hydrogens (tertiary/aromatic N) is 1. The van der Waals surface area contributed by atoms with Crippen LogP contribution in [0.5, 0.6) is 0 Å². The van der Waals surface area contributed by atoms with Crippen LogP contribution in [0.15, 0.2) is 48.5 Å². The first-order valence-corrected chi connectivity index (χ1v) is 8.61. The topological polar surface area (TPSA) is 49.4 Å². The van der Waals surface area contributed by atoms with E-state index in [1.54, 1.807) is 11.0 Å². The molecular formula is C21H25FN2O2. The Morgan fingerprint density at radius 3 is 2.19 bits per heavy atom. The maximum atomic E-state index is 13.6. The van der Waals surface area contributed by atoms with E-state index in [9.17, 15) is 14.0 Å². The highest BCUT2D eigenvalue weighted by Gasteiger charge is 2.16. The average molecular weight is 356 g/mol. The number of nitrogens with one attached hydrogen (secondary N) is 1. The van der Waals surface area contributed by atoms with Gasteiger partial charge in [0.1, 0.15) is 5.82 Å². The lowest BCUT2D eigenvalue weighted by Crippen LogP contribution is -2.37. The number of carbonyl (C=O) groups is 2. The number of amides is 2. The quantitative estimate of drug-likeness (QED) is 0.883. The van der Waals surface area contributed by atoms with Gasteiger partial charge in [0.2, 0.25) is 5.91 Å².